The van der Waals surface area contributed by atoms with Gasteiger partial charge in [0.25, 0.3) is 11.5 Å². The lowest BCUT2D eigenvalue weighted by Gasteiger charge is -2.10. The minimum Gasteiger partial charge on any atom is -0.496 e. The predicted molar refractivity (Wildman–Crippen MR) is 103 cm³/mol. The maximum atomic E-state index is 12.3. The number of amides is 1. The van der Waals surface area contributed by atoms with Crippen molar-refractivity contribution in [3.63, 3.8) is 0 Å². The van der Waals surface area contributed by atoms with E-state index in [1.807, 2.05) is 32.0 Å². The molecule has 0 radical (unpaired) electrons. The zero-order valence-corrected chi connectivity index (χ0v) is 15.2. The molecule has 0 fully saturated rings. The minimum absolute atomic E-state index is 0.117. The van der Waals surface area contributed by atoms with Crippen LogP contribution >= 0.6 is 0 Å². The summed E-state index contributed by atoms with van der Waals surface area (Å²) in [5.74, 6) is 0.311. The second kappa shape index (κ2) is 7.44. The number of nitrogens with one attached hydrogen (secondary N) is 2. The summed E-state index contributed by atoms with van der Waals surface area (Å²) in [6, 6.07) is 13.0. The van der Waals surface area contributed by atoms with Gasteiger partial charge in [-0.2, -0.15) is 0 Å². The Labute approximate surface area is 152 Å². The molecule has 3 aromatic rings. The van der Waals surface area contributed by atoms with Crippen LogP contribution in [0.1, 0.15) is 27.0 Å². The average Bonchev–Trinajstić information content (AvgIpc) is 2.62. The number of rotatable bonds is 5. The van der Waals surface area contributed by atoms with Crippen molar-refractivity contribution in [3.05, 3.63) is 75.1 Å². The fourth-order valence-corrected chi connectivity index (χ4v) is 3.14. The van der Waals surface area contributed by atoms with E-state index in [9.17, 15) is 9.59 Å². The van der Waals surface area contributed by atoms with Gasteiger partial charge in [0.2, 0.25) is 0 Å². The predicted octanol–water partition coefficient (Wildman–Crippen LogP) is 3.13. The SMILES string of the molecule is COc1ccccc1C(=O)NCCc1cc2c(C)cc(C)cc2[nH]c1=O. The lowest BCUT2D eigenvalue weighted by atomic mass is 10.0. The van der Waals surface area contributed by atoms with E-state index in [0.717, 1.165) is 22.0 Å². The van der Waals surface area contributed by atoms with Gasteiger partial charge in [0, 0.05) is 23.0 Å². The quantitative estimate of drug-likeness (QED) is 0.743. The van der Waals surface area contributed by atoms with E-state index >= 15 is 0 Å². The van der Waals surface area contributed by atoms with E-state index < -0.39 is 0 Å². The van der Waals surface area contributed by atoms with Crippen molar-refractivity contribution < 1.29 is 9.53 Å². The van der Waals surface area contributed by atoms with Gasteiger partial charge in [0.15, 0.2) is 0 Å². The molecule has 0 aliphatic rings. The normalized spacial score (nSPS) is 10.7. The number of benzene rings is 2. The van der Waals surface area contributed by atoms with Crippen LogP contribution in [0, 0.1) is 13.8 Å². The summed E-state index contributed by atoms with van der Waals surface area (Å²) in [4.78, 5) is 27.6. The number of hydrogen-bond donors (Lipinski definition) is 2. The fourth-order valence-electron chi connectivity index (χ4n) is 3.14. The molecule has 0 bridgehead atoms. The third-order valence-electron chi connectivity index (χ3n) is 4.42. The average molecular weight is 350 g/mol. The van der Waals surface area contributed by atoms with Gasteiger partial charge in [-0.1, -0.05) is 18.2 Å². The lowest BCUT2D eigenvalue weighted by Crippen LogP contribution is -2.27. The van der Waals surface area contributed by atoms with Crippen molar-refractivity contribution in [3.8, 4) is 5.75 Å². The van der Waals surface area contributed by atoms with Gasteiger partial charge in [-0.25, -0.2) is 0 Å². The zero-order chi connectivity index (χ0) is 18.7. The van der Waals surface area contributed by atoms with Crippen LogP contribution in [-0.4, -0.2) is 24.5 Å². The number of hydrogen-bond acceptors (Lipinski definition) is 3. The topological polar surface area (TPSA) is 71.2 Å². The second-order valence-corrected chi connectivity index (χ2v) is 6.37. The molecule has 0 saturated carbocycles. The molecule has 2 aromatic carbocycles. The van der Waals surface area contributed by atoms with Crippen molar-refractivity contribution in [2.75, 3.05) is 13.7 Å². The number of aromatic nitrogens is 1. The van der Waals surface area contributed by atoms with Crippen LogP contribution in [0.4, 0.5) is 0 Å². The van der Waals surface area contributed by atoms with E-state index in [-0.39, 0.29) is 11.5 Å². The highest BCUT2D eigenvalue weighted by molar-refractivity contribution is 5.96. The Morgan fingerprint density at radius 1 is 1.15 bits per heavy atom. The fraction of sp³-hybridized carbons (Fsp3) is 0.238. The summed E-state index contributed by atoms with van der Waals surface area (Å²) in [6.45, 7) is 4.41. The molecular weight excluding hydrogens is 328 g/mol. The summed E-state index contributed by atoms with van der Waals surface area (Å²) >= 11 is 0. The molecule has 0 spiro atoms. The van der Waals surface area contributed by atoms with E-state index in [4.69, 9.17) is 4.74 Å². The molecule has 134 valence electrons. The Hall–Kier alpha value is -3.08. The number of ether oxygens (including phenoxy) is 1. The summed E-state index contributed by atoms with van der Waals surface area (Å²) in [7, 11) is 1.53. The van der Waals surface area contributed by atoms with Crippen LogP contribution in [0.3, 0.4) is 0 Å². The minimum atomic E-state index is -0.216. The zero-order valence-electron chi connectivity index (χ0n) is 15.2. The summed E-state index contributed by atoms with van der Waals surface area (Å²) in [5.41, 5.74) is 4.10. The molecule has 1 amide bonds. The van der Waals surface area contributed by atoms with Gasteiger partial charge in [-0.05, 0) is 55.7 Å². The van der Waals surface area contributed by atoms with Gasteiger partial charge < -0.3 is 15.0 Å². The van der Waals surface area contributed by atoms with Gasteiger partial charge in [-0.3, -0.25) is 9.59 Å². The highest BCUT2D eigenvalue weighted by Crippen LogP contribution is 2.19. The number of pyridine rings is 1. The van der Waals surface area contributed by atoms with Crippen LogP contribution in [0.25, 0.3) is 10.9 Å². The number of aryl methyl sites for hydroxylation is 2. The van der Waals surface area contributed by atoms with Crippen molar-refractivity contribution in [2.45, 2.75) is 20.3 Å². The third-order valence-corrected chi connectivity index (χ3v) is 4.42. The van der Waals surface area contributed by atoms with Crippen LogP contribution in [0.5, 0.6) is 5.75 Å². The van der Waals surface area contributed by atoms with Gasteiger partial charge in [0.05, 0.1) is 12.7 Å². The second-order valence-electron chi connectivity index (χ2n) is 6.37. The lowest BCUT2D eigenvalue weighted by molar-refractivity contribution is 0.0951. The van der Waals surface area contributed by atoms with Crippen LogP contribution in [-0.2, 0) is 6.42 Å². The van der Waals surface area contributed by atoms with Crippen molar-refractivity contribution in [1.29, 1.82) is 0 Å². The van der Waals surface area contributed by atoms with Crippen molar-refractivity contribution >= 4 is 16.8 Å². The standard InChI is InChI=1S/C21H22N2O3/c1-13-10-14(2)17-12-15(20(24)23-18(17)11-13)8-9-22-21(25)16-6-4-5-7-19(16)26-3/h4-7,10-12H,8-9H2,1-3H3,(H,22,25)(H,23,24). The number of methoxy groups -OCH3 is 1. The Morgan fingerprint density at radius 3 is 2.69 bits per heavy atom. The van der Waals surface area contributed by atoms with E-state index in [2.05, 4.69) is 16.4 Å². The number of aromatic amines is 1. The number of carbonyl (C=O) groups excluding carboxylic acids is 1. The Bertz CT molecular complexity index is 1020. The summed E-state index contributed by atoms with van der Waals surface area (Å²) < 4.78 is 5.21. The summed E-state index contributed by atoms with van der Waals surface area (Å²) in [5, 5.41) is 3.88. The van der Waals surface area contributed by atoms with Crippen LogP contribution in [0.15, 0.2) is 47.3 Å². The number of fused-ring (bicyclic) bond motifs is 1. The van der Waals surface area contributed by atoms with Crippen molar-refractivity contribution in [1.82, 2.24) is 10.3 Å². The maximum absolute atomic E-state index is 12.3. The third kappa shape index (κ3) is 3.61. The molecule has 0 unspecified atom stereocenters. The van der Waals surface area contributed by atoms with Crippen LogP contribution < -0.4 is 15.6 Å². The summed E-state index contributed by atoms with van der Waals surface area (Å²) in [6.07, 6.45) is 0.458. The number of para-hydroxylation sites is 1. The maximum Gasteiger partial charge on any atom is 0.255 e. The van der Waals surface area contributed by atoms with Crippen LogP contribution in [0.2, 0.25) is 0 Å². The Balaban J connectivity index is 1.75. The van der Waals surface area contributed by atoms with E-state index in [0.29, 0.717) is 29.8 Å². The van der Waals surface area contributed by atoms with Gasteiger partial charge in [-0.15, -0.1) is 0 Å². The molecule has 0 saturated heterocycles. The van der Waals surface area contributed by atoms with E-state index in [1.165, 1.54) is 7.11 Å². The molecule has 1 heterocycles. The highest BCUT2D eigenvalue weighted by atomic mass is 16.5. The number of carbonyl (C=O) groups is 1. The van der Waals surface area contributed by atoms with Gasteiger partial charge in [0.1, 0.15) is 5.75 Å². The Morgan fingerprint density at radius 2 is 1.92 bits per heavy atom. The first-order chi connectivity index (χ1) is 12.5. The first kappa shape index (κ1) is 17.7. The molecule has 5 nitrogen and oxygen atoms in total. The first-order valence-electron chi connectivity index (χ1n) is 8.54. The molecule has 3 rings (SSSR count). The van der Waals surface area contributed by atoms with E-state index in [1.54, 1.807) is 18.2 Å². The smallest absolute Gasteiger partial charge is 0.255 e. The van der Waals surface area contributed by atoms with Gasteiger partial charge >= 0.3 is 0 Å². The first-order valence-corrected chi connectivity index (χ1v) is 8.54. The van der Waals surface area contributed by atoms with Crippen molar-refractivity contribution in [2.24, 2.45) is 0 Å². The molecule has 0 aliphatic carbocycles. The molecule has 26 heavy (non-hydrogen) atoms. The molecule has 0 aliphatic heterocycles. The highest BCUT2D eigenvalue weighted by Gasteiger charge is 2.11. The molecule has 2 N–H and O–H groups in total. The molecule has 0 atom stereocenters. The molecular formula is C21H22N2O3. The Kier molecular flexibility index (Phi) is 5.07. The monoisotopic (exact) mass is 350 g/mol. The number of H-pyrrole nitrogens is 1. The molecule has 5 heteroatoms. The molecule has 1 aromatic heterocycles. The largest absolute Gasteiger partial charge is 0.496 e.